The van der Waals surface area contributed by atoms with E-state index in [0.717, 1.165) is 18.9 Å². The molecule has 0 aliphatic carbocycles. The molecule has 14 heavy (non-hydrogen) atoms. The Kier molecular flexibility index (Phi) is 6.05. The highest BCUT2D eigenvalue weighted by Gasteiger charge is 2.14. The van der Waals surface area contributed by atoms with Gasteiger partial charge in [-0.3, -0.25) is 0 Å². The first-order valence-electron chi connectivity index (χ1n) is 5.55. The smallest absolute Gasteiger partial charge is 0.0638 e. The first-order valence-corrected chi connectivity index (χ1v) is 6.70. The van der Waals surface area contributed by atoms with Crippen LogP contribution < -0.4 is 5.32 Å². The topological polar surface area (TPSA) is 35.8 Å². The van der Waals surface area contributed by atoms with Crippen LogP contribution in [0.1, 0.15) is 32.6 Å². The van der Waals surface area contributed by atoms with Gasteiger partial charge < -0.3 is 5.32 Å². The van der Waals surface area contributed by atoms with Crippen molar-refractivity contribution in [3.8, 4) is 6.07 Å². The molecule has 0 amide bonds. The lowest BCUT2D eigenvalue weighted by Crippen LogP contribution is -2.33. The van der Waals surface area contributed by atoms with Crippen molar-refractivity contribution in [2.45, 2.75) is 38.6 Å². The molecule has 1 aliphatic heterocycles. The molecule has 0 spiro atoms. The van der Waals surface area contributed by atoms with Crippen LogP contribution >= 0.6 is 11.8 Å². The summed E-state index contributed by atoms with van der Waals surface area (Å²) in [7, 11) is 0. The molecule has 1 unspecified atom stereocenters. The van der Waals surface area contributed by atoms with Crippen LogP contribution in [0.25, 0.3) is 0 Å². The Labute approximate surface area is 91.4 Å². The Hall–Kier alpha value is -0.200. The number of nitrogens with zero attached hydrogens (tertiary/aromatic N) is 1. The predicted octanol–water partition coefficient (Wildman–Crippen LogP) is 2.41. The number of nitrogens with one attached hydrogen (secondary N) is 1. The lowest BCUT2D eigenvalue weighted by atomic mass is 10.0. The van der Waals surface area contributed by atoms with Gasteiger partial charge >= 0.3 is 0 Å². The molecule has 0 aromatic rings. The fourth-order valence-corrected chi connectivity index (χ4v) is 2.96. The van der Waals surface area contributed by atoms with Crippen LogP contribution in [0.5, 0.6) is 0 Å². The fourth-order valence-electron chi connectivity index (χ4n) is 1.75. The van der Waals surface area contributed by atoms with Gasteiger partial charge in [-0.15, -0.1) is 0 Å². The van der Waals surface area contributed by atoms with Crippen molar-refractivity contribution in [2.75, 3.05) is 18.1 Å². The summed E-state index contributed by atoms with van der Waals surface area (Å²) in [5, 5.41) is 12.1. The van der Waals surface area contributed by atoms with Crippen molar-refractivity contribution in [1.29, 1.82) is 5.26 Å². The third-order valence-electron chi connectivity index (χ3n) is 2.87. The van der Waals surface area contributed by atoms with Crippen LogP contribution in [0.4, 0.5) is 0 Å². The van der Waals surface area contributed by atoms with Gasteiger partial charge in [0, 0.05) is 6.04 Å². The van der Waals surface area contributed by atoms with Gasteiger partial charge in [0.2, 0.25) is 0 Å². The number of hydrogen-bond donors (Lipinski definition) is 1. The van der Waals surface area contributed by atoms with Crippen LogP contribution in [0.2, 0.25) is 0 Å². The number of rotatable bonds is 5. The van der Waals surface area contributed by atoms with Crippen LogP contribution in [-0.4, -0.2) is 24.1 Å². The quantitative estimate of drug-likeness (QED) is 0.760. The summed E-state index contributed by atoms with van der Waals surface area (Å²) in [5.41, 5.74) is 0. The van der Waals surface area contributed by atoms with E-state index in [9.17, 15) is 0 Å². The first-order chi connectivity index (χ1) is 6.86. The fraction of sp³-hybridized carbons (Fsp3) is 0.909. The molecule has 1 heterocycles. The van der Waals surface area contributed by atoms with Crippen molar-refractivity contribution in [3.63, 3.8) is 0 Å². The average molecular weight is 212 g/mol. The van der Waals surface area contributed by atoms with Crippen LogP contribution in [-0.2, 0) is 0 Å². The van der Waals surface area contributed by atoms with E-state index in [-0.39, 0.29) is 0 Å². The van der Waals surface area contributed by atoms with Crippen LogP contribution in [0, 0.1) is 17.2 Å². The minimum atomic E-state index is 0.412. The van der Waals surface area contributed by atoms with Gasteiger partial charge in [0.05, 0.1) is 12.5 Å². The monoisotopic (exact) mass is 212 g/mol. The number of hydrogen-bond acceptors (Lipinski definition) is 3. The standard InChI is InChI=1S/C11H20N2S/c1-2-11(3-6-12)13-9-10-4-7-14-8-5-10/h10-11,13H,2-5,7-9H2,1H3. The molecule has 0 saturated carbocycles. The molecule has 1 saturated heterocycles. The lowest BCUT2D eigenvalue weighted by Gasteiger charge is -2.24. The SMILES string of the molecule is CCC(CC#N)NCC1CCSCC1. The lowest BCUT2D eigenvalue weighted by molar-refractivity contribution is 0.402. The van der Waals surface area contributed by atoms with E-state index in [1.807, 2.05) is 0 Å². The van der Waals surface area contributed by atoms with E-state index in [2.05, 4.69) is 30.1 Å². The molecule has 1 rings (SSSR count). The average Bonchev–Trinajstić information content (AvgIpc) is 2.25. The highest BCUT2D eigenvalue weighted by molar-refractivity contribution is 7.99. The number of nitriles is 1. The predicted molar refractivity (Wildman–Crippen MR) is 62.4 cm³/mol. The zero-order chi connectivity index (χ0) is 10.2. The molecule has 80 valence electrons. The summed E-state index contributed by atoms with van der Waals surface area (Å²) in [6, 6.07) is 2.65. The summed E-state index contributed by atoms with van der Waals surface area (Å²) >= 11 is 2.07. The van der Waals surface area contributed by atoms with Gasteiger partial charge in [-0.1, -0.05) is 6.92 Å². The minimum absolute atomic E-state index is 0.412. The van der Waals surface area contributed by atoms with Gasteiger partial charge in [-0.25, -0.2) is 0 Å². The van der Waals surface area contributed by atoms with E-state index in [0.29, 0.717) is 12.5 Å². The maximum atomic E-state index is 8.61. The second-order valence-electron chi connectivity index (χ2n) is 3.93. The zero-order valence-electron chi connectivity index (χ0n) is 8.96. The Morgan fingerprint density at radius 2 is 2.21 bits per heavy atom. The largest absolute Gasteiger partial charge is 0.313 e. The van der Waals surface area contributed by atoms with Gasteiger partial charge in [0.25, 0.3) is 0 Å². The van der Waals surface area contributed by atoms with Gasteiger partial charge in [-0.2, -0.15) is 17.0 Å². The van der Waals surface area contributed by atoms with Crippen LogP contribution in [0.15, 0.2) is 0 Å². The molecule has 1 aliphatic rings. The summed E-state index contributed by atoms with van der Waals surface area (Å²) < 4.78 is 0. The molecule has 0 aromatic heterocycles. The van der Waals surface area contributed by atoms with Crippen molar-refractivity contribution >= 4 is 11.8 Å². The maximum Gasteiger partial charge on any atom is 0.0638 e. The summed E-state index contributed by atoms with van der Waals surface area (Å²) in [4.78, 5) is 0. The van der Waals surface area contributed by atoms with E-state index in [1.54, 1.807) is 0 Å². The molecule has 3 heteroatoms. The Bertz CT molecular complexity index is 182. The van der Waals surface area contributed by atoms with Gasteiger partial charge in [-0.05, 0) is 43.2 Å². The summed E-state index contributed by atoms with van der Waals surface area (Å²) in [6.07, 6.45) is 4.41. The van der Waals surface area contributed by atoms with E-state index >= 15 is 0 Å². The molecule has 1 fully saturated rings. The highest BCUT2D eigenvalue weighted by Crippen LogP contribution is 2.22. The van der Waals surface area contributed by atoms with Crippen LogP contribution in [0.3, 0.4) is 0 Å². The molecule has 1 N–H and O–H groups in total. The Balaban J connectivity index is 2.14. The molecular formula is C11H20N2S. The third kappa shape index (κ3) is 4.34. The second-order valence-corrected chi connectivity index (χ2v) is 5.16. The molecule has 0 aromatic carbocycles. The van der Waals surface area contributed by atoms with E-state index in [4.69, 9.17) is 5.26 Å². The maximum absolute atomic E-state index is 8.61. The first kappa shape index (κ1) is 11.9. The normalized spacial score (nSPS) is 20.3. The van der Waals surface area contributed by atoms with Crippen molar-refractivity contribution in [1.82, 2.24) is 5.32 Å². The van der Waals surface area contributed by atoms with Crippen molar-refractivity contribution in [2.24, 2.45) is 5.92 Å². The van der Waals surface area contributed by atoms with Crippen molar-refractivity contribution < 1.29 is 0 Å². The summed E-state index contributed by atoms with van der Waals surface area (Å²) in [6.45, 7) is 3.26. The second kappa shape index (κ2) is 7.14. The van der Waals surface area contributed by atoms with E-state index in [1.165, 1.54) is 24.3 Å². The van der Waals surface area contributed by atoms with E-state index < -0.39 is 0 Å². The number of thioether (sulfide) groups is 1. The third-order valence-corrected chi connectivity index (χ3v) is 3.92. The highest BCUT2D eigenvalue weighted by atomic mass is 32.2. The van der Waals surface area contributed by atoms with Crippen molar-refractivity contribution in [3.05, 3.63) is 0 Å². The Morgan fingerprint density at radius 1 is 1.50 bits per heavy atom. The zero-order valence-corrected chi connectivity index (χ0v) is 9.78. The van der Waals surface area contributed by atoms with Gasteiger partial charge in [0.15, 0.2) is 0 Å². The molecule has 1 atom stereocenters. The minimum Gasteiger partial charge on any atom is -0.313 e. The molecule has 2 nitrogen and oxygen atoms in total. The van der Waals surface area contributed by atoms with Gasteiger partial charge in [0.1, 0.15) is 0 Å². The summed E-state index contributed by atoms with van der Waals surface area (Å²) in [5.74, 6) is 3.49. The molecule has 0 radical (unpaired) electrons. The Morgan fingerprint density at radius 3 is 2.79 bits per heavy atom. The molecular weight excluding hydrogens is 192 g/mol. The molecule has 0 bridgehead atoms.